The lowest BCUT2D eigenvalue weighted by Crippen LogP contribution is -2.49. The van der Waals surface area contributed by atoms with Crippen molar-refractivity contribution in [2.75, 3.05) is 0 Å². The van der Waals surface area contributed by atoms with Gasteiger partial charge in [0, 0.05) is 30.1 Å². The number of ketones is 1. The van der Waals surface area contributed by atoms with Crippen LogP contribution in [0.2, 0.25) is 0 Å². The average molecular weight is 288 g/mol. The minimum Gasteiger partial charge on any atom is -0.346 e. The molecular formula is C17H24N2O2. The van der Waals surface area contributed by atoms with E-state index in [1.807, 2.05) is 45.9 Å². The second kappa shape index (κ2) is 5.96. The van der Waals surface area contributed by atoms with E-state index in [0.717, 1.165) is 12.1 Å². The molecule has 2 unspecified atom stereocenters. The van der Waals surface area contributed by atoms with Crippen LogP contribution in [0.25, 0.3) is 0 Å². The summed E-state index contributed by atoms with van der Waals surface area (Å²) in [4.78, 5) is 28.7. The van der Waals surface area contributed by atoms with Crippen molar-refractivity contribution < 1.29 is 9.59 Å². The maximum atomic E-state index is 12.4. The number of carbonyl (C=O) groups excluding carboxylic acids is 2. The molecule has 0 radical (unpaired) electrons. The van der Waals surface area contributed by atoms with Gasteiger partial charge in [0.05, 0.1) is 6.04 Å². The lowest BCUT2D eigenvalue weighted by atomic mass is 9.83. The van der Waals surface area contributed by atoms with Gasteiger partial charge in [-0.05, 0) is 24.0 Å². The van der Waals surface area contributed by atoms with E-state index >= 15 is 0 Å². The summed E-state index contributed by atoms with van der Waals surface area (Å²) < 4.78 is 0. The van der Waals surface area contributed by atoms with E-state index in [4.69, 9.17) is 0 Å². The molecule has 1 N–H and O–H groups in total. The average Bonchev–Trinajstić information content (AvgIpc) is 3.24. The Kier molecular flexibility index (Phi) is 4.45. The van der Waals surface area contributed by atoms with E-state index in [1.165, 1.54) is 0 Å². The molecule has 21 heavy (non-hydrogen) atoms. The molecule has 4 nitrogen and oxygen atoms in total. The first-order valence-corrected chi connectivity index (χ1v) is 7.58. The SMILES string of the molecule is CCC(=O)[C@@H](NC(=O)C1CC1c1ccccn1)C(C)(C)C. The first-order chi connectivity index (χ1) is 9.84. The largest absolute Gasteiger partial charge is 0.346 e. The highest BCUT2D eigenvalue weighted by atomic mass is 16.2. The highest BCUT2D eigenvalue weighted by molar-refractivity contribution is 5.91. The predicted molar refractivity (Wildman–Crippen MR) is 81.8 cm³/mol. The zero-order chi connectivity index (χ0) is 15.6. The van der Waals surface area contributed by atoms with Crippen molar-refractivity contribution in [3.8, 4) is 0 Å². The summed E-state index contributed by atoms with van der Waals surface area (Å²) in [7, 11) is 0. The number of carbonyl (C=O) groups is 2. The van der Waals surface area contributed by atoms with Crippen molar-refractivity contribution in [2.24, 2.45) is 11.3 Å². The molecule has 114 valence electrons. The Labute approximate surface area is 126 Å². The van der Waals surface area contributed by atoms with Gasteiger partial charge in [0.2, 0.25) is 5.91 Å². The summed E-state index contributed by atoms with van der Waals surface area (Å²) in [6.07, 6.45) is 3.01. The lowest BCUT2D eigenvalue weighted by Gasteiger charge is -2.30. The fourth-order valence-electron chi connectivity index (χ4n) is 2.64. The van der Waals surface area contributed by atoms with Gasteiger partial charge in [-0.3, -0.25) is 14.6 Å². The summed E-state index contributed by atoms with van der Waals surface area (Å²) in [5.41, 5.74) is 0.699. The van der Waals surface area contributed by atoms with Crippen LogP contribution in [0.1, 0.15) is 52.1 Å². The minimum absolute atomic E-state index is 0.0209. The summed E-state index contributed by atoms with van der Waals surface area (Å²) in [6, 6.07) is 5.35. The van der Waals surface area contributed by atoms with Gasteiger partial charge in [-0.15, -0.1) is 0 Å². The normalized spacial score (nSPS) is 22.5. The summed E-state index contributed by atoms with van der Waals surface area (Å²) >= 11 is 0. The van der Waals surface area contributed by atoms with Gasteiger partial charge < -0.3 is 5.32 Å². The third kappa shape index (κ3) is 3.69. The molecule has 1 aromatic heterocycles. The van der Waals surface area contributed by atoms with Crippen molar-refractivity contribution in [3.05, 3.63) is 30.1 Å². The van der Waals surface area contributed by atoms with Crippen molar-refractivity contribution >= 4 is 11.7 Å². The zero-order valence-corrected chi connectivity index (χ0v) is 13.2. The van der Waals surface area contributed by atoms with Crippen LogP contribution in [0.3, 0.4) is 0 Å². The lowest BCUT2D eigenvalue weighted by molar-refractivity contribution is -0.130. The van der Waals surface area contributed by atoms with Crippen LogP contribution in [-0.4, -0.2) is 22.7 Å². The van der Waals surface area contributed by atoms with Crippen LogP contribution in [0.5, 0.6) is 0 Å². The Morgan fingerprint density at radius 1 is 1.38 bits per heavy atom. The van der Waals surface area contributed by atoms with Crippen molar-refractivity contribution in [3.63, 3.8) is 0 Å². The van der Waals surface area contributed by atoms with Crippen molar-refractivity contribution in [1.29, 1.82) is 0 Å². The molecule has 0 spiro atoms. The molecule has 0 aliphatic heterocycles. The molecule has 4 heteroatoms. The molecule has 1 aromatic rings. The Hall–Kier alpha value is -1.71. The molecule has 0 aromatic carbocycles. The molecule has 1 aliphatic rings. The van der Waals surface area contributed by atoms with Gasteiger partial charge in [0.25, 0.3) is 0 Å². The number of Topliss-reactive ketones (excluding diaryl/α,β-unsaturated/α-hetero) is 1. The summed E-state index contributed by atoms with van der Waals surface area (Å²) in [5, 5.41) is 2.95. The van der Waals surface area contributed by atoms with E-state index in [0.29, 0.717) is 6.42 Å². The molecule has 1 amide bonds. The van der Waals surface area contributed by atoms with Gasteiger partial charge in [0.15, 0.2) is 5.78 Å². The summed E-state index contributed by atoms with van der Waals surface area (Å²) in [6.45, 7) is 7.78. The fourth-order valence-corrected chi connectivity index (χ4v) is 2.64. The van der Waals surface area contributed by atoms with E-state index in [-0.39, 0.29) is 28.9 Å². The van der Waals surface area contributed by atoms with E-state index < -0.39 is 6.04 Å². The third-order valence-corrected chi connectivity index (χ3v) is 4.02. The second-order valence-corrected chi connectivity index (χ2v) is 6.83. The number of hydrogen-bond acceptors (Lipinski definition) is 3. The Morgan fingerprint density at radius 2 is 2.10 bits per heavy atom. The van der Waals surface area contributed by atoms with Gasteiger partial charge in [-0.1, -0.05) is 33.8 Å². The predicted octanol–water partition coefficient (Wildman–Crippen LogP) is 2.70. The maximum absolute atomic E-state index is 12.4. The van der Waals surface area contributed by atoms with Crippen LogP contribution in [-0.2, 0) is 9.59 Å². The zero-order valence-electron chi connectivity index (χ0n) is 13.2. The van der Waals surface area contributed by atoms with Crippen molar-refractivity contribution in [2.45, 2.75) is 52.5 Å². The molecular weight excluding hydrogens is 264 g/mol. The van der Waals surface area contributed by atoms with E-state index in [1.54, 1.807) is 6.20 Å². The highest BCUT2D eigenvalue weighted by Gasteiger charge is 2.46. The molecule has 1 aliphatic carbocycles. The number of hydrogen-bond donors (Lipinski definition) is 1. The Bertz CT molecular complexity index is 519. The first-order valence-electron chi connectivity index (χ1n) is 7.58. The Morgan fingerprint density at radius 3 is 2.62 bits per heavy atom. The van der Waals surface area contributed by atoms with Crippen molar-refractivity contribution in [1.82, 2.24) is 10.3 Å². The quantitative estimate of drug-likeness (QED) is 0.906. The Balaban J connectivity index is 2.00. The highest BCUT2D eigenvalue weighted by Crippen LogP contribution is 2.46. The fraction of sp³-hybridized carbons (Fsp3) is 0.588. The van der Waals surface area contributed by atoms with Crippen LogP contribution in [0.4, 0.5) is 0 Å². The van der Waals surface area contributed by atoms with Gasteiger partial charge in [-0.2, -0.15) is 0 Å². The number of pyridine rings is 1. The molecule has 1 saturated carbocycles. The van der Waals surface area contributed by atoms with E-state index in [2.05, 4.69) is 10.3 Å². The number of nitrogens with one attached hydrogen (secondary N) is 1. The molecule has 0 saturated heterocycles. The van der Waals surface area contributed by atoms with Gasteiger partial charge in [-0.25, -0.2) is 0 Å². The van der Waals surface area contributed by atoms with E-state index in [9.17, 15) is 9.59 Å². The van der Waals surface area contributed by atoms with Gasteiger partial charge in [0.1, 0.15) is 0 Å². The number of amides is 1. The standard InChI is InChI=1S/C17H24N2O2/c1-5-14(20)15(17(2,3)4)19-16(21)12-10-11(12)13-8-6-7-9-18-13/h6-9,11-12,15H,5,10H2,1-4H3,(H,19,21)/t11?,12?,15-/m1/s1. The monoisotopic (exact) mass is 288 g/mol. The van der Waals surface area contributed by atoms with Crippen LogP contribution in [0.15, 0.2) is 24.4 Å². The molecule has 3 atom stereocenters. The number of rotatable bonds is 5. The molecule has 1 heterocycles. The topological polar surface area (TPSA) is 59.1 Å². The van der Waals surface area contributed by atoms with Gasteiger partial charge >= 0.3 is 0 Å². The minimum atomic E-state index is -0.417. The number of aromatic nitrogens is 1. The molecule has 0 bridgehead atoms. The molecule has 1 fully saturated rings. The first kappa shape index (κ1) is 15.7. The second-order valence-electron chi connectivity index (χ2n) is 6.83. The van der Waals surface area contributed by atoms with Crippen LogP contribution >= 0.6 is 0 Å². The third-order valence-electron chi connectivity index (χ3n) is 4.02. The smallest absolute Gasteiger partial charge is 0.224 e. The number of nitrogens with zero attached hydrogens (tertiary/aromatic N) is 1. The van der Waals surface area contributed by atoms with Crippen LogP contribution in [0, 0.1) is 11.3 Å². The summed E-state index contributed by atoms with van der Waals surface area (Å²) in [5.74, 6) is 0.219. The maximum Gasteiger partial charge on any atom is 0.224 e. The molecule has 2 rings (SSSR count). The van der Waals surface area contributed by atoms with Crippen LogP contribution < -0.4 is 5.32 Å².